The third-order valence-electron chi connectivity index (χ3n) is 6.17. The summed E-state index contributed by atoms with van der Waals surface area (Å²) in [5.74, 6) is -0.449. The lowest BCUT2D eigenvalue weighted by atomic mass is 10.0. The highest BCUT2D eigenvalue weighted by atomic mass is 16.7. The smallest absolute Gasteiger partial charge is 0.412 e. The number of benzene rings is 2. The van der Waals surface area contributed by atoms with Gasteiger partial charge in [0.15, 0.2) is 6.10 Å². The van der Waals surface area contributed by atoms with Gasteiger partial charge < -0.3 is 18.9 Å². The van der Waals surface area contributed by atoms with Gasteiger partial charge in [0, 0.05) is 7.05 Å². The van der Waals surface area contributed by atoms with Crippen LogP contribution in [-0.2, 0) is 41.8 Å². The van der Waals surface area contributed by atoms with E-state index in [1.54, 1.807) is 34.6 Å². The van der Waals surface area contributed by atoms with Gasteiger partial charge in [-0.15, -0.1) is 0 Å². The monoisotopic (exact) mass is 528 g/mol. The van der Waals surface area contributed by atoms with Gasteiger partial charge in [-0.25, -0.2) is 9.86 Å². The highest BCUT2D eigenvalue weighted by Gasteiger charge is 2.52. The first-order valence-electron chi connectivity index (χ1n) is 12.7. The molecule has 9 nitrogen and oxygen atoms in total. The number of hydroxylamine groups is 2. The number of rotatable bonds is 10. The van der Waals surface area contributed by atoms with Crippen LogP contribution in [0, 0.1) is 0 Å². The zero-order valence-electron chi connectivity index (χ0n) is 23.4. The van der Waals surface area contributed by atoms with Crippen LogP contribution in [0.25, 0.3) is 0 Å². The highest BCUT2D eigenvalue weighted by Crippen LogP contribution is 2.34. The fourth-order valence-electron chi connectivity index (χ4n) is 4.24. The van der Waals surface area contributed by atoms with Crippen molar-refractivity contribution in [3.05, 3.63) is 71.8 Å². The van der Waals surface area contributed by atoms with Gasteiger partial charge in [0.1, 0.15) is 17.4 Å². The number of ether oxygens (including phenoxy) is 4. The Hall–Kier alpha value is -2.98. The Bertz CT molecular complexity index is 1040. The molecule has 38 heavy (non-hydrogen) atoms. The predicted octanol–water partition coefficient (Wildman–Crippen LogP) is 4.55. The summed E-state index contributed by atoms with van der Waals surface area (Å²) in [6, 6.07) is 18.5. The summed E-state index contributed by atoms with van der Waals surface area (Å²) in [6.07, 6.45) is -2.58. The van der Waals surface area contributed by atoms with E-state index in [4.69, 9.17) is 23.8 Å². The molecule has 0 aliphatic carbocycles. The van der Waals surface area contributed by atoms with E-state index in [0.717, 1.165) is 16.2 Å². The number of likely N-dealkylation sites (N-methyl/N-ethyl adjacent to an activating group) is 1. The summed E-state index contributed by atoms with van der Waals surface area (Å²) in [7, 11) is 2.91. The lowest BCUT2D eigenvalue weighted by molar-refractivity contribution is -0.195. The molecule has 0 saturated carbocycles. The largest absolute Gasteiger partial charge is 0.444 e. The Morgan fingerprint density at radius 3 is 2.03 bits per heavy atom. The third-order valence-corrected chi connectivity index (χ3v) is 6.17. The van der Waals surface area contributed by atoms with Crippen molar-refractivity contribution in [3.8, 4) is 0 Å². The van der Waals surface area contributed by atoms with Crippen molar-refractivity contribution < 1.29 is 33.4 Å². The SMILES string of the molecule is CON(C)C(=O)[C@@H](OCc1ccccc1)[C@H](OCc1ccccc1)[C@H]1COC(C)(C)N1C(=O)OC(C)(C)C. The van der Waals surface area contributed by atoms with Crippen molar-refractivity contribution in [2.75, 3.05) is 20.8 Å². The van der Waals surface area contributed by atoms with E-state index in [9.17, 15) is 9.59 Å². The van der Waals surface area contributed by atoms with Crippen molar-refractivity contribution in [3.63, 3.8) is 0 Å². The summed E-state index contributed by atoms with van der Waals surface area (Å²) >= 11 is 0. The minimum Gasteiger partial charge on any atom is -0.444 e. The Kier molecular flexibility index (Phi) is 9.89. The molecule has 1 aliphatic heterocycles. The topological polar surface area (TPSA) is 86.8 Å². The lowest BCUT2D eigenvalue weighted by Gasteiger charge is -2.39. The van der Waals surface area contributed by atoms with Gasteiger partial charge in [-0.3, -0.25) is 14.5 Å². The molecule has 0 spiro atoms. The number of hydrogen-bond acceptors (Lipinski definition) is 7. The standard InChI is InChI=1S/C29H40N2O7/c1-28(2,3)38-27(33)31-23(20-37-29(31,4)5)24(35-18-21-14-10-8-11-15-21)25(26(32)30(6)34-7)36-19-22-16-12-9-13-17-22/h8-17,23-25H,18-20H2,1-7H3/t23-,24-,25+/m1/s1. The fraction of sp³-hybridized carbons (Fsp3) is 0.517. The van der Waals surface area contributed by atoms with Crippen LogP contribution in [0.2, 0.25) is 0 Å². The van der Waals surface area contributed by atoms with E-state index < -0.39 is 41.6 Å². The molecule has 3 rings (SSSR count). The summed E-state index contributed by atoms with van der Waals surface area (Å²) in [5.41, 5.74) is 0.0744. The molecule has 0 N–H and O–H groups in total. The number of carbonyl (C=O) groups is 2. The lowest BCUT2D eigenvalue weighted by Crippen LogP contribution is -2.59. The quantitative estimate of drug-likeness (QED) is 0.418. The molecular formula is C29H40N2O7. The molecule has 208 valence electrons. The van der Waals surface area contributed by atoms with Crippen LogP contribution in [0.15, 0.2) is 60.7 Å². The van der Waals surface area contributed by atoms with E-state index in [2.05, 4.69) is 0 Å². The Morgan fingerprint density at radius 1 is 1.00 bits per heavy atom. The van der Waals surface area contributed by atoms with Gasteiger partial charge in [0.05, 0.1) is 33.0 Å². The first kappa shape index (κ1) is 29.6. The van der Waals surface area contributed by atoms with Crippen molar-refractivity contribution in [2.45, 2.75) is 77.4 Å². The van der Waals surface area contributed by atoms with Gasteiger partial charge in [0.2, 0.25) is 0 Å². The Balaban J connectivity index is 2.00. The molecule has 1 heterocycles. The third kappa shape index (κ3) is 7.77. The molecule has 0 aromatic heterocycles. The van der Waals surface area contributed by atoms with E-state index in [1.807, 2.05) is 60.7 Å². The minimum atomic E-state index is -1.11. The first-order valence-corrected chi connectivity index (χ1v) is 12.7. The molecular weight excluding hydrogens is 488 g/mol. The second-order valence-corrected chi connectivity index (χ2v) is 10.7. The number of nitrogens with zero attached hydrogens (tertiary/aromatic N) is 2. The highest BCUT2D eigenvalue weighted by molar-refractivity contribution is 5.81. The van der Waals surface area contributed by atoms with E-state index in [0.29, 0.717) is 0 Å². The molecule has 2 aromatic carbocycles. The Labute approximate surface area is 225 Å². The predicted molar refractivity (Wildman–Crippen MR) is 142 cm³/mol. The average Bonchev–Trinajstić information content (AvgIpc) is 3.19. The van der Waals surface area contributed by atoms with Gasteiger partial charge in [-0.05, 0) is 45.7 Å². The summed E-state index contributed by atoms with van der Waals surface area (Å²) in [4.78, 5) is 33.7. The van der Waals surface area contributed by atoms with Crippen LogP contribution >= 0.6 is 0 Å². The van der Waals surface area contributed by atoms with Crippen molar-refractivity contribution in [1.82, 2.24) is 9.96 Å². The second kappa shape index (κ2) is 12.7. The number of amides is 2. The molecule has 1 saturated heterocycles. The molecule has 2 amide bonds. The van der Waals surface area contributed by atoms with Gasteiger partial charge in [0.25, 0.3) is 5.91 Å². The molecule has 1 fully saturated rings. The number of carbonyl (C=O) groups excluding carboxylic acids is 2. The summed E-state index contributed by atoms with van der Waals surface area (Å²) < 4.78 is 24.4. The first-order chi connectivity index (χ1) is 17.9. The average molecular weight is 529 g/mol. The van der Waals surface area contributed by atoms with Gasteiger partial charge in [-0.1, -0.05) is 60.7 Å². The van der Waals surface area contributed by atoms with Crippen LogP contribution in [0.4, 0.5) is 4.79 Å². The maximum Gasteiger partial charge on any atom is 0.412 e. The maximum atomic E-state index is 13.6. The van der Waals surface area contributed by atoms with Crippen molar-refractivity contribution >= 4 is 12.0 Å². The zero-order valence-corrected chi connectivity index (χ0v) is 23.4. The molecule has 2 aromatic rings. The molecule has 9 heteroatoms. The molecule has 0 radical (unpaired) electrons. The number of hydrogen-bond donors (Lipinski definition) is 0. The minimum absolute atomic E-state index is 0.126. The van der Waals surface area contributed by atoms with Crippen molar-refractivity contribution in [1.29, 1.82) is 0 Å². The molecule has 0 unspecified atom stereocenters. The molecule has 3 atom stereocenters. The van der Waals surface area contributed by atoms with Crippen LogP contribution in [0.5, 0.6) is 0 Å². The summed E-state index contributed by atoms with van der Waals surface area (Å²) in [5, 5.41) is 1.10. The molecule has 0 bridgehead atoms. The van der Waals surface area contributed by atoms with Gasteiger partial charge >= 0.3 is 6.09 Å². The van der Waals surface area contributed by atoms with E-state index in [-0.39, 0.29) is 19.8 Å². The second-order valence-electron chi connectivity index (χ2n) is 10.7. The van der Waals surface area contributed by atoms with Crippen LogP contribution in [-0.4, -0.2) is 72.3 Å². The summed E-state index contributed by atoms with van der Waals surface area (Å²) in [6.45, 7) is 9.45. The van der Waals surface area contributed by atoms with Crippen molar-refractivity contribution in [2.24, 2.45) is 0 Å². The Morgan fingerprint density at radius 2 is 1.53 bits per heavy atom. The molecule has 1 aliphatic rings. The van der Waals surface area contributed by atoms with E-state index in [1.165, 1.54) is 19.1 Å². The maximum absolute atomic E-state index is 13.6. The van der Waals surface area contributed by atoms with Crippen LogP contribution in [0.1, 0.15) is 45.7 Å². The van der Waals surface area contributed by atoms with Crippen LogP contribution in [0.3, 0.4) is 0 Å². The van der Waals surface area contributed by atoms with Crippen LogP contribution < -0.4 is 0 Å². The fourth-order valence-corrected chi connectivity index (χ4v) is 4.24. The normalized spacial score (nSPS) is 18.6. The zero-order chi connectivity index (χ0) is 27.9. The van der Waals surface area contributed by atoms with Gasteiger partial charge in [-0.2, -0.15) is 0 Å². The van der Waals surface area contributed by atoms with E-state index >= 15 is 0 Å².